The minimum atomic E-state index is 0.436. The molecule has 0 unspecified atom stereocenters. The lowest BCUT2D eigenvalue weighted by molar-refractivity contribution is 0.415. The Bertz CT molecular complexity index is 817. The second-order valence-electron chi connectivity index (χ2n) is 6.30. The fourth-order valence-electron chi connectivity index (χ4n) is 3.27. The summed E-state index contributed by atoms with van der Waals surface area (Å²) in [4.78, 5) is 13.1. The van der Waals surface area contributed by atoms with E-state index in [4.69, 9.17) is 5.73 Å². The fraction of sp³-hybridized carbons (Fsp3) is 0.412. The van der Waals surface area contributed by atoms with Crippen molar-refractivity contribution in [2.75, 3.05) is 11.1 Å². The normalized spacial score (nSPS) is 16.2. The van der Waals surface area contributed by atoms with Gasteiger partial charge in [0.05, 0.1) is 29.5 Å². The van der Waals surface area contributed by atoms with Gasteiger partial charge in [0.15, 0.2) is 5.65 Å². The van der Waals surface area contributed by atoms with E-state index in [0.717, 1.165) is 16.7 Å². The van der Waals surface area contributed by atoms with Crippen molar-refractivity contribution in [1.82, 2.24) is 24.7 Å². The highest BCUT2D eigenvalue weighted by Crippen LogP contribution is 2.29. The Labute approximate surface area is 140 Å². The van der Waals surface area contributed by atoms with Gasteiger partial charge in [-0.15, -0.1) is 0 Å². The SMILES string of the molecule is Nc1ccc(Nc2ncc3cnn(C4CCCCCC4)c3n2)cn1. The molecule has 3 heterocycles. The molecule has 3 N–H and O–H groups in total. The zero-order valence-electron chi connectivity index (χ0n) is 13.5. The number of fused-ring (bicyclic) bond motifs is 1. The van der Waals surface area contributed by atoms with Crippen LogP contribution in [0.25, 0.3) is 11.0 Å². The van der Waals surface area contributed by atoms with Gasteiger partial charge < -0.3 is 11.1 Å². The van der Waals surface area contributed by atoms with Gasteiger partial charge in [0.1, 0.15) is 5.82 Å². The van der Waals surface area contributed by atoms with Crippen LogP contribution < -0.4 is 11.1 Å². The molecule has 1 fully saturated rings. The molecule has 7 nitrogen and oxygen atoms in total. The van der Waals surface area contributed by atoms with Crippen LogP contribution >= 0.6 is 0 Å². The lowest BCUT2D eigenvalue weighted by Crippen LogP contribution is -2.11. The fourth-order valence-corrected chi connectivity index (χ4v) is 3.27. The second-order valence-corrected chi connectivity index (χ2v) is 6.30. The van der Waals surface area contributed by atoms with Gasteiger partial charge in [-0.05, 0) is 25.0 Å². The summed E-state index contributed by atoms with van der Waals surface area (Å²) in [7, 11) is 0. The predicted octanol–water partition coefficient (Wildman–Crippen LogP) is 3.44. The number of anilines is 3. The Morgan fingerprint density at radius 3 is 2.58 bits per heavy atom. The molecule has 7 heteroatoms. The highest BCUT2D eigenvalue weighted by atomic mass is 15.3. The minimum Gasteiger partial charge on any atom is -0.384 e. The topological polar surface area (TPSA) is 94.5 Å². The van der Waals surface area contributed by atoms with Gasteiger partial charge in [-0.3, -0.25) is 0 Å². The van der Waals surface area contributed by atoms with Crippen molar-refractivity contribution in [1.29, 1.82) is 0 Å². The first kappa shape index (κ1) is 14.9. The van der Waals surface area contributed by atoms with Crippen LogP contribution in [-0.4, -0.2) is 24.7 Å². The van der Waals surface area contributed by atoms with Crippen molar-refractivity contribution in [2.45, 2.75) is 44.6 Å². The standard InChI is InChI=1S/C17H21N7/c18-15-8-7-13(11-19-15)22-17-20-9-12-10-21-24(16(12)23-17)14-5-3-1-2-4-6-14/h7-11,14H,1-6H2,(H2,18,19)(H,20,22,23). The molecule has 1 aliphatic carbocycles. The van der Waals surface area contributed by atoms with Crippen molar-refractivity contribution in [3.05, 3.63) is 30.7 Å². The van der Waals surface area contributed by atoms with E-state index in [2.05, 4.69) is 30.0 Å². The number of nitrogen functional groups attached to an aromatic ring is 1. The average Bonchev–Trinajstić information content (AvgIpc) is 2.83. The molecule has 0 bridgehead atoms. The summed E-state index contributed by atoms with van der Waals surface area (Å²) in [6.45, 7) is 0. The largest absolute Gasteiger partial charge is 0.384 e. The molecule has 3 aromatic rings. The predicted molar refractivity (Wildman–Crippen MR) is 94.0 cm³/mol. The average molecular weight is 323 g/mol. The monoisotopic (exact) mass is 323 g/mol. The molecule has 124 valence electrons. The Morgan fingerprint density at radius 2 is 1.83 bits per heavy atom. The molecule has 0 spiro atoms. The number of nitrogens with one attached hydrogen (secondary N) is 1. The quantitative estimate of drug-likeness (QED) is 0.717. The van der Waals surface area contributed by atoms with Crippen LogP contribution in [0, 0.1) is 0 Å². The molecule has 24 heavy (non-hydrogen) atoms. The van der Waals surface area contributed by atoms with Gasteiger partial charge in [-0.25, -0.2) is 14.6 Å². The Kier molecular flexibility index (Phi) is 3.98. The van der Waals surface area contributed by atoms with Crippen LogP contribution in [0.5, 0.6) is 0 Å². The summed E-state index contributed by atoms with van der Waals surface area (Å²) in [5.74, 6) is 1.04. The zero-order chi connectivity index (χ0) is 16.4. The summed E-state index contributed by atoms with van der Waals surface area (Å²) in [5, 5.41) is 8.72. The molecule has 4 rings (SSSR count). The first-order valence-electron chi connectivity index (χ1n) is 8.48. The lowest BCUT2D eigenvalue weighted by Gasteiger charge is -2.15. The van der Waals surface area contributed by atoms with E-state index in [1.165, 1.54) is 38.5 Å². The second kappa shape index (κ2) is 6.43. The van der Waals surface area contributed by atoms with Gasteiger partial charge in [0.2, 0.25) is 5.95 Å². The highest BCUT2D eigenvalue weighted by Gasteiger charge is 2.18. The number of hydrogen-bond acceptors (Lipinski definition) is 6. The van der Waals surface area contributed by atoms with Gasteiger partial charge in [-0.1, -0.05) is 25.7 Å². The summed E-state index contributed by atoms with van der Waals surface area (Å²) in [6.07, 6.45) is 12.9. The van der Waals surface area contributed by atoms with Gasteiger partial charge in [0, 0.05) is 6.20 Å². The molecule has 0 aliphatic heterocycles. The van der Waals surface area contributed by atoms with Crippen molar-refractivity contribution >= 4 is 28.5 Å². The van der Waals surface area contributed by atoms with E-state index in [9.17, 15) is 0 Å². The maximum absolute atomic E-state index is 5.61. The van der Waals surface area contributed by atoms with E-state index >= 15 is 0 Å². The summed E-state index contributed by atoms with van der Waals surface area (Å²) < 4.78 is 2.08. The smallest absolute Gasteiger partial charge is 0.229 e. The van der Waals surface area contributed by atoms with Crippen molar-refractivity contribution in [2.24, 2.45) is 0 Å². The Hall–Kier alpha value is -2.70. The Morgan fingerprint density at radius 1 is 1.00 bits per heavy atom. The van der Waals surface area contributed by atoms with E-state index < -0.39 is 0 Å². The maximum Gasteiger partial charge on any atom is 0.229 e. The van der Waals surface area contributed by atoms with E-state index in [-0.39, 0.29) is 0 Å². The molecule has 0 amide bonds. The van der Waals surface area contributed by atoms with Crippen LogP contribution in [0.3, 0.4) is 0 Å². The number of nitrogens with two attached hydrogens (primary N) is 1. The van der Waals surface area contributed by atoms with E-state index in [1.807, 2.05) is 18.5 Å². The van der Waals surface area contributed by atoms with Gasteiger partial charge in [0.25, 0.3) is 0 Å². The number of nitrogens with zero attached hydrogens (tertiary/aromatic N) is 5. The Balaban J connectivity index is 1.63. The number of rotatable bonds is 3. The molecular formula is C17H21N7. The third kappa shape index (κ3) is 3.02. The van der Waals surface area contributed by atoms with Crippen LogP contribution in [-0.2, 0) is 0 Å². The van der Waals surface area contributed by atoms with Crippen molar-refractivity contribution in [3.8, 4) is 0 Å². The molecule has 0 radical (unpaired) electrons. The summed E-state index contributed by atoms with van der Waals surface area (Å²) >= 11 is 0. The lowest BCUT2D eigenvalue weighted by atomic mass is 10.1. The molecule has 1 saturated carbocycles. The van der Waals surface area contributed by atoms with E-state index in [1.54, 1.807) is 12.3 Å². The number of pyridine rings is 1. The molecule has 0 saturated heterocycles. The molecule has 3 aromatic heterocycles. The summed E-state index contributed by atoms with van der Waals surface area (Å²) in [5.41, 5.74) is 7.31. The van der Waals surface area contributed by atoms with Crippen LogP contribution in [0.15, 0.2) is 30.7 Å². The summed E-state index contributed by atoms with van der Waals surface area (Å²) in [6, 6.07) is 4.04. The number of aromatic nitrogens is 5. The van der Waals surface area contributed by atoms with Crippen molar-refractivity contribution in [3.63, 3.8) is 0 Å². The zero-order valence-corrected chi connectivity index (χ0v) is 13.5. The van der Waals surface area contributed by atoms with E-state index in [0.29, 0.717) is 17.8 Å². The molecule has 1 aliphatic rings. The molecular weight excluding hydrogens is 302 g/mol. The maximum atomic E-state index is 5.61. The number of hydrogen-bond donors (Lipinski definition) is 2. The van der Waals surface area contributed by atoms with Crippen LogP contribution in [0.1, 0.15) is 44.6 Å². The van der Waals surface area contributed by atoms with Crippen molar-refractivity contribution < 1.29 is 0 Å². The highest BCUT2D eigenvalue weighted by molar-refractivity contribution is 5.75. The first-order valence-corrected chi connectivity index (χ1v) is 8.48. The molecule has 0 aromatic carbocycles. The molecule has 0 atom stereocenters. The third-order valence-corrected chi connectivity index (χ3v) is 4.55. The van der Waals surface area contributed by atoms with Crippen LogP contribution in [0.4, 0.5) is 17.5 Å². The first-order chi connectivity index (χ1) is 11.8. The van der Waals surface area contributed by atoms with Gasteiger partial charge >= 0.3 is 0 Å². The van der Waals surface area contributed by atoms with Crippen LogP contribution in [0.2, 0.25) is 0 Å². The minimum absolute atomic E-state index is 0.436. The third-order valence-electron chi connectivity index (χ3n) is 4.55. The van der Waals surface area contributed by atoms with Gasteiger partial charge in [-0.2, -0.15) is 10.1 Å².